The molecule has 4 heterocycles. The number of hydrogen-bond donors (Lipinski definition) is 0. The van der Waals surface area contributed by atoms with Gasteiger partial charge < -0.3 is 9.64 Å². The third-order valence-electron chi connectivity index (χ3n) is 4.64. The van der Waals surface area contributed by atoms with E-state index >= 15 is 0 Å². The minimum absolute atomic E-state index is 0.541. The van der Waals surface area contributed by atoms with Crippen molar-refractivity contribution in [2.75, 3.05) is 31.2 Å². The van der Waals surface area contributed by atoms with E-state index in [0.717, 1.165) is 41.1 Å². The molecule has 7 heteroatoms. The van der Waals surface area contributed by atoms with Gasteiger partial charge in [-0.3, -0.25) is 4.98 Å². The van der Waals surface area contributed by atoms with Crippen molar-refractivity contribution in [1.82, 2.24) is 24.7 Å². The Bertz CT molecular complexity index is 1070. The zero-order chi connectivity index (χ0) is 18.1. The maximum Gasteiger partial charge on any atom is 0.253 e. The van der Waals surface area contributed by atoms with Crippen molar-refractivity contribution in [1.29, 1.82) is 0 Å². The van der Waals surface area contributed by atoms with Gasteiger partial charge in [-0.25, -0.2) is 9.67 Å². The summed E-state index contributed by atoms with van der Waals surface area (Å²) in [7, 11) is 0. The number of aromatic nitrogens is 5. The highest BCUT2D eigenvalue weighted by Crippen LogP contribution is 2.25. The molecule has 5 rings (SSSR count). The Hall–Kier alpha value is -3.32. The smallest absolute Gasteiger partial charge is 0.253 e. The van der Waals surface area contributed by atoms with Crippen LogP contribution in [0.2, 0.25) is 0 Å². The largest absolute Gasteiger partial charge is 0.378 e. The van der Waals surface area contributed by atoms with Gasteiger partial charge in [-0.05, 0) is 12.1 Å². The molecule has 1 aromatic carbocycles. The summed E-state index contributed by atoms with van der Waals surface area (Å²) in [5.74, 6) is 1.44. The maximum absolute atomic E-state index is 5.49. The van der Waals surface area contributed by atoms with E-state index in [0.29, 0.717) is 19.2 Å². The van der Waals surface area contributed by atoms with E-state index in [2.05, 4.69) is 20.0 Å². The van der Waals surface area contributed by atoms with Crippen LogP contribution < -0.4 is 4.90 Å². The molecule has 1 saturated heterocycles. The highest BCUT2D eigenvalue weighted by atomic mass is 16.5. The van der Waals surface area contributed by atoms with E-state index in [9.17, 15) is 0 Å². The molecule has 3 aromatic heterocycles. The lowest BCUT2D eigenvalue weighted by Gasteiger charge is -2.28. The van der Waals surface area contributed by atoms with Crippen molar-refractivity contribution in [3.8, 4) is 17.2 Å². The molecule has 0 aliphatic carbocycles. The number of pyridine rings is 1. The molecule has 1 fully saturated rings. The number of morpholine rings is 1. The van der Waals surface area contributed by atoms with Crippen LogP contribution in [0.4, 0.5) is 5.82 Å². The fraction of sp³-hybridized carbons (Fsp3) is 0.200. The molecule has 0 N–H and O–H groups in total. The highest BCUT2D eigenvalue weighted by molar-refractivity contribution is 5.89. The second kappa shape index (κ2) is 6.77. The van der Waals surface area contributed by atoms with Gasteiger partial charge in [0.05, 0.1) is 30.6 Å². The van der Waals surface area contributed by atoms with Gasteiger partial charge in [-0.1, -0.05) is 30.3 Å². The van der Waals surface area contributed by atoms with E-state index < -0.39 is 0 Å². The lowest BCUT2D eigenvalue weighted by atomic mass is 10.2. The SMILES string of the molecule is c1ccc(-c2ccn(-c3nc(N4CCOCC4)c4ccncc4n3)n2)cc1. The number of anilines is 1. The van der Waals surface area contributed by atoms with Crippen LogP contribution in [0.5, 0.6) is 0 Å². The fourth-order valence-electron chi connectivity index (χ4n) is 3.27. The third-order valence-corrected chi connectivity index (χ3v) is 4.64. The number of ether oxygens (including phenoxy) is 1. The van der Waals surface area contributed by atoms with Crippen LogP contribution in [0.1, 0.15) is 0 Å². The molecule has 0 unspecified atom stereocenters. The second-order valence-corrected chi connectivity index (χ2v) is 6.35. The summed E-state index contributed by atoms with van der Waals surface area (Å²) in [5.41, 5.74) is 2.76. The predicted octanol–water partition coefficient (Wildman–Crippen LogP) is 2.71. The number of nitrogens with zero attached hydrogens (tertiary/aromatic N) is 6. The predicted molar refractivity (Wildman–Crippen MR) is 103 cm³/mol. The van der Waals surface area contributed by atoms with Crippen LogP contribution in [0.25, 0.3) is 28.1 Å². The van der Waals surface area contributed by atoms with E-state index in [1.54, 1.807) is 17.1 Å². The molecular formula is C20H18N6O. The van der Waals surface area contributed by atoms with Crippen molar-refractivity contribution in [3.63, 3.8) is 0 Å². The van der Waals surface area contributed by atoms with Gasteiger partial charge in [0, 0.05) is 36.4 Å². The van der Waals surface area contributed by atoms with Crippen molar-refractivity contribution in [2.45, 2.75) is 0 Å². The van der Waals surface area contributed by atoms with Crippen molar-refractivity contribution >= 4 is 16.7 Å². The molecule has 4 aromatic rings. The molecular weight excluding hydrogens is 340 g/mol. The lowest BCUT2D eigenvalue weighted by Crippen LogP contribution is -2.37. The molecule has 0 atom stereocenters. The molecule has 0 amide bonds. The van der Waals surface area contributed by atoms with Crippen molar-refractivity contribution in [3.05, 3.63) is 61.1 Å². The minimum atomic E-state index is 0.541. The summed E-state index contributed by atoms with van der Waals surface area (Å²) in [5, 5.41) is 5.66. The Kier molecular flexibility index (Phi) is 3.99. The Morgan fingerprint density at radius 1 is 0.926 bits per heavy atom. The molecule has 134 valence electrons. The van der Waals surface area contributed by atoms with Crippen LogP contribution in [0.15, 0.2) is 61.1 Å². The second-order valence-electron chi connectivity index (χ2n) is 6.35. The highest BCUT2D eigenvalue weighted by Gasteiger charge is 2.18. The first-order chi connectivity index (χ1) is 13.4. The fourth-order valence-corrected chi connectivity index (χ4v) is 3.27. The number of fused-ring (bicyclic) bond motifs is 1. The standard InChI is InChI=1S/C20H18N6O/c1-2-4-15(5-3-1)17-7-9-26(24-17)20-22-18-14-21-8-6-16(18)19(23-20)25-10-12-27-13-11-25/h1-9,14H,10-13H2. The summed E-state index contributed by atoms with van der Waals surface area (Å²) < 4.78 is 7.21. The van der Waals surface area contributed by atoms with E-state index in [1.807, 2.05) is 48.7 Å². The summed E-state index contributed by atoms with van der Waals surface area (Å²) in [4.78, 5) is 16.0. The van der Waals surface area contributed by atoms with Gasteiger partial charge >= 0.3 is 0 Å². The van der Waals surface area contributed by atoms with Gasteiger partial charge in [0.15, 0.2) is 0 Å². The maximum atomic E-state index is 5.49. The molecule has 0 saturated carbocycles. The zero-order valence-corrected chi connectivity index (χ0v) is 14.7. The van der Waals surface area contributed by atoms with Gasteiger partial charge in [0.1, 0.15) is 5.82 Å². The normalized spacial score (nSPS) is 14.6. The first-order valence-electron chi connectivity index (χ1n) is 8.94. The van der Waals surface area contributed by atoms with E-state index in [-0.39, 0.29) is 0 Å². The number of benzene rings is 1. The summed E-state index contributed by atoms with van der Waals surface area (Å²) in [6, 6.07) is 14.0. The Morgan fingerprint density at radius 3 is 2.63 bits per heavy atom. The van der Waals surface area contributed by atoms with E-state index in [4.69, 9.17) is 9.72 Å². The first-order valence-corrected chi connectivity index (χ1v) is 8.94. The first kappa shape index (κ1) is 15.9. The molecule has 0 bridgehead atoms. The summed E-state index contributed by atoms with van der Waals surface area (Å²) >= 11 is 0. The molecule has 7 nitrogen and oxygen atoms in total. The number of hydrogen-bond acceptors (Lipinski definition) is 6. The monoisotopic (exact) mass is 358 g/mol. The van der Waals surface area contributed by atoms with Crippen LogP contribution in [0, 0.1) is 0 Å². The quantitative estimate of drug-likeness (QED) is 0.561. The van der Waals surface area contributed by atoms with E-state index in [1.165, 1.54) is 0 Å². The molecule has 1 aliphatic heterocycles. The third kappa shape index (κ3) is 3.02. The van der Waals surface area contributed by atoms with Gasteiger partial charge in [-0.2, -0.15) is 10.1 Å². The molecule has 0 spiro atoms. The van der Waals surface area contributed by atoms with Crippen LogP contribution in [-0.2, 0) is 4.74 Å². The zero-order valence-electron chi connectivity index (χ0n) is 14.7. The Morgan fingerprint density at radius 2 is 1.78 bits per heavy atom. The molecule has 0 radical (unpaired) electrons. The van der Waals surface area contributed by atoms with Gasteiger partial charge in [-0.15, -0.1) is 0 Å². The summed E-state index contributed by atoms with van der Waals surface area (Å²) in [6.45, 7) is 3.02. The van der Waals surface area contributed by atoms with Crippen LogP contribution in [-0.4, -0.2) is 51.0 Å². The van der Waals surface area contributed by atoms with Gasteiger partial charge in [0.25, 0.3) is 5.95 Å². The van der Waals surface area contributed by atoms with Crippen LogP contribution in [0.3, 0.4) is 0 Å². The van der Waals surface area contributed by atoms with Crippen molar-refractivity contribution < 1.29 is 4.74 Å². The van der Waals surface area contributed by atoms with Crippen molar-refractivity contribution in [2.24, 2.45) is 0 Å². The average Bonchev–Trinajstić information content (AvgIpc) is 3.25. The summed E-state index contributed by atoms with van der Waals surface area (Å²) in [6.07, 6.45) is 5.44. The number of rotatable bonds is 3. The van der Waals surface area contributed by atoms with Crippen LogP contribution >= 0.6 is 0 Å². The minimum Gasteiger partial charge on any atom is -0.378 e. The average molecular weight is 358 g/mol. The van der Waals surface area contributed by atoms with Gasteiger partial charge in [0.2, 0.25) is 0 Å². The lowest BCUT2D eigenvalue weighted by molar-refractivity contribution is 0.122. The Labute approximate surface area is 156 Å². The molecule has 27 heavy (non-hydrogen) atoms. The Balaban J connectivity index is 1.60. The topological polar surface area (TPSA) is 69.0 Å². The molecule has 1 aliphatic rings.